The molecule has 0 atom stereocenters. The van der Waals surface area contributed by atoms with Gasteiger partial charge in [-0.15, -0.1) is 0 Å². The van der Waals surface area contributed by atoms with E-state index in [1.165, 1.54) is 64.2 Å². The lowest BCUT2D eigenvalue weighted by Gasteiger charge is -1.98. The first-order valence-corrected chi connectivity index (χ1v) is 7.50. The Bertz CT molecular complexity index is 172. The largest absolute Gasteiger partial charge is 0.303 e. The molecule has 0 heterocycles. The number of aldehydes is 1. The summed E-state index contributed by atoms with van der Waals surface area (Å²) in [6.07, 6.45) is 20.6. The molecule has 100 valence electrons. The van der Waals surface area contributed by atoms with Gasteiger partial charge in [0.1, 0.15) is 6.29 Å². The van der Waals surface area contributed by atoms with Crippen LogP contribution >= 0.6 is 0 Å². The first kappa shape index (κ1) is 16.4. The van der Waals surface area contributed by atoms with Crippen molar-refractivity contribution >= 4 is 6.29 Å². The third kappa shape index (κ3) is 15.4. The smallest absolute Gasteiger partial charge is 0.119 e. The minimum absolute atomic E-state index is 0.738. The van der Waals surface area contributed by atoms with E-state index in [9.17, 15) is 4.79 Å². The fraction of sp³-hybridized carbons (Fsp3) is 0.812. The lowest BCUT2D eigenvalue weighted by atomic mass is 10.1. The summed E-state index contributed by atoms with van der Waals surface area (Å²) in [5.74, 6) is 0. The van der Waals surface area contributed by atoms with Gasteiger partial charge in [0.05, 0.1) is 0 Å². The molecule has 0 aliphatic carbocycles. The summed E-state index contributed by atoms with van der Waals surface area (Å²) in [4.78, 5) is 10.1. The second-order valence-corrected chi connectivity index (χ2v) is 4.83. The zero-order valence-corrected chi connectivity index (χ0v) is 11.6. The lowest BCUT2D eigenvalue weighted by Crippen LogP contribution is -1.79. The molecule has 0 amide bonds. The van der Waals surface area contributed by atoms with Crippen molar-refractivity contribution in [1.82, 2.24) is 0 Å². The molecule has 0 N–H and O–H groups in total. The number of rotatable bonds is 13. The van der Waals surface area contributed by atoms with E-state index < -0.39 is 0 Å². The highest BCUT2D eigenvalue weighted by Gasteiger charge is 1.89. The van der Waals surface area contributed by atoms with Crippen molar-refractivity contribution in [2.45, 2.75) is 84.0 Å². The van der Waals surface area contributed by atoms with Gasteiger partial charge in [-0.3, -0.25) is 0 Å². The summed E-state index contributed by atoms with van der Waals surface area (Å²) < 4.78 is 0. The van der Waals surface area contributed by atoms with Crippen LogP contribution in [0.4, 0.5) is 0 Å². The standard InChI is InChI=1S/C16H30O/c1-2-3-4-5-6-7-8-9-10-11-12-13-14-15-16-17/h9-10,16H,2-8,11-15H2,1H3/b10-9+. The summed E-state index contributed by atoms with van der Waals surface area (Å²) in [7, 11) is 0. The number of hydrogen-bond donors (Lipinski definition) is 0. The number of carbonyl (C=O) groups is 1. The molecule has 0 unspecified atom stereocenters. The molecule has 0 aliphatic rings. The van der Waals surface area contributed by atoms with Gasteiger partial charge in [-0.25, -0.2) is 0 Å². The van der Waals surface area contributed by atoms with E-state index in [1.807, 2.05) is 0 Å². The van der Waals surface area contributed by atoms with Crippen LogP contribution in [0.15, 0.2) is 12.2 Å². The van der Waals surface area contributed by atoms with E-state index in [1.54, 1.807) is 0 Å². The Hall–Kier alpha value is -0.590. The topological polar surface area (TPSA) is 17.1 Å². The van der Waals surface area contributed by atoms with E-state index in [-0.39, 0.29) is 0 Å². The van der Waals surface area contributed by atoms with Gasteiger partial charge in [0.15, 0.2) is 0 Å². The van der Waals surface area contributed by atoms with Crippen LogP contribution in [0.25, 0.3) is 0 Å². The Morgan fingerprint density at radius 2 is 1.12 bits per heavy atom. The van der Waals surface area contributed by atoms with Crippen molar-refractivity contribution < 1.29 is 4.79 Å². The van der Waals surface area contributed by atoms with Crippen LogP contribution in [0.3, 0.4) is 0 Å². The molecule has 0 rings (SSSR count). The van der Waals surface area contributed by atoms with Gasteiger partial charge in [-0.1, -0.05) is 57.6 Å². The highest BCUT2D eigenvalue weighted by atomic mass is 16.1. The van der Waals surface area contributed by atoms with Gasteiger partial charge in [-0.05, 0) is 32.1 Å². The molecule has 0 saturated carbocycles. The molecule has 0 aliphatic heterocycles. The summed E-state index contributed by atoms with van der Waals surface area (Å²) in [6, 6.07) is 0. The lowest BCUT2D eigenvalue weighted by molar-refractivity contribution is -0.107. The third-order valence-electron chi connectivity index (χ3n) is 3.08. The second-order valence-electron chi connectivity index (χ2n) is 4.83. The Balaban J connectivity index is 3.01. The molecular formula is C16H30O. The SMILES string of the molecule is CCCCCCCC/C=C/CCCCCC=O. The first-order chi connectivity index (χ1) is 8.41. The molecule has 1 heteroatoms. The van der Waals surface area contributed by atoms with Crippen LogP contribution in [0, 0.1) is 0 Å². The van der Waals surface area contributed by atoms with Gasteiger partial charge in [-0.2, -0.15) is 0 Å². The molecule has 0 aromatic heterocycles. The van der Waals surface area contributed by atoms with Crippen LogP contribution in [0.5, 0.6) is 0 Å². The van der Waals surface area contributed by atoms with E-state index in [0.717, 1.165) is 19.1 Å². The Morgan fingerprint density at radius 1 is 0.647 bits per heavy atom. The highest BCUT2D eigenvalue weighted by molar-refractivity contribution is 5.48. The quantitative estimate of drug-likeness (QED) is 0.237. The normalized spacial score (nSPS) is 11.1. The molecule has 0 bridgehead atoms. The second kappa shape index (κ2) is 15.4. The Kier molecular flexibility index (Phi) is 14.9. The van der Waals surface area contributed by atoms with Crippen molar-refractivity contribution in [3.63, 3.8) is 0 Å². The molecule has 0 radical (unpaired) electrons. The number of hydrogen-bond acceptors (Lipinski definition) is 1. The van der Waals surface area contributed by atoms with Crippen LogP contribution < -0.4 is 0 Å². The molecule has 0 spiro atoms. The predicted octanol–water partition coefficient (Wildman–Crippen LogP) is 5.44. The van der Waals surface area contributed by atoms with E-state index in [0.29, 0.717) is 0 Å². The van der Waals surface area contributed by atoms with E-state index >= 15 is 0 Å². The molecule has 1 nitrogen and oxygen atoms in total. The summed E-state index contributed by atoms with van der Waals surface area (Å²) in [5, 5.41) is 0. The summed E-state index contributed by atoms with van der Waals surface area (Å²) >= 11 is 0. The van der Waals surface area contributed by atoms with Crippen LogP contribution in [-0.2, 0) is 4.79 Å². The molecular weight excluding hydrogens is 208 g/mol. The zero-order chi connectivity index (χ0) is 12.6. The molecule has 0 saturated heterocycles. The Morgan fingerprint density at radius 3 is 1.71 bits per heavy atom. The van der Waals surface area contributed by atoms with Crippen molar-refractivity contribution in [3.8, 4) is 0 Å². The molecule has 0 aromatic rings. The van der Waals surface area contributed by atoms with Gasteiger partial charge >= 0.3 is 0 Å². The fourth-order valence-electron chi connectivity index (χ4n) is 1.94. The highest BCUT2D eigenvalue weighted by Crippen LogP contribution is 2.08. The van der Waals surface area contributed by atoms with Crippen molar-refractivity contribution in [3.05, 3.63) is 12.2 Å². The van der Waals surface area contributed by atoms with Gasteiger partial charge in [0.25, 0.3) is 0 Å². The van der Waals surface area contributed by atoms with Crippen LogP contribution in [-0.4, -0.2) is 6.29 Å². The van der Waals surface area contributed by atoms with E-state index in [2.05, 4.69) is 19.1 Å². The number of carbonyl (C=O) groups excluding carboxylic acids is 1. The molecule has 0 fully saturated rings. The van der Waals surface area contributed by atoms with Gasteiger partial charge < -0.3 is 4.79 Å². The molecule has 0 aromatic carbocycles. The summed E-state index contributed by atoms with van der Waals surface area (Å²) in [5.41, 5.74) is 0. The maximum absolute atomic E-state index is 10.1. The monoisotopic (exact) mass is 238 g/mol. The minimum Gasteiger partial charge on any atom is -0.303 e. The minimum atomic E-state index is 0.738. The predicted molar refractivity (Wildman–Crippen MR) is 76.3 cm³/mol. The fourth-order valence-corrected chi connectivity index (χ4v) is 1.94. The van der Waals surface area contributed by atoms with E-state index in [4.69, 9.17) is 0 Å². The average Bonchev–Trinajstić information content (AvgIpc) is 2.35. The maximum atomic E-state index is 10.1. The third-order valence-corrected chi connectivity index (χ3v) is 3.08. The van der Waals surface area contributed by atoms with Crippen molar-refractivity contribution in [2.75, 3.05) is 0 Å². The van der Waals surface area contributed by atoms with Crippen LogP contribution in [0.2, 0.25) is 0 Å². The number of unbranched alkanes of at least 4 members (excludes halogenated alkanes) is 10. The first-order valence-electron chi connectivity index (χ1n) is 7.50. The van der Waals surface area contributed by atoms with Gasteiger partial charge in [0, 0.05) is 6.42 Å². The molecule has 17 heavy (non-hydrogen) atoms. The summed E-state index contributed by atoms with van der Waals surface area (Å²) in [6.45, 7) is 2.26. The Labute approximate surface area is 108 Å². The average molecular weight is 238 g/mol. The number of allylic oxidation sites excluding steroid dienone is 2. The maximum Gasteiger partial charge on any atom is 0.119 e. The van der Waals surface area contributed by atoms with Crippen LogP contribution in [0.1, 0.15) is 84.0 Å². The van der Waals surface area contributed by atoms with Crippen molar-refractivity contribution in [2.24, 2.45) is 0 Å². The van der Waals surface area contributed by atoms with Crippen molar-refractivity contribution in [1.29, 1.82) is 0 Å². The zero-order valence-electron chi connectivity index (χ0n) is 11.6. The van der Waals surface area contributed by atoms with Gasteiger partial charge in [0.2, 0.25) is 0 Å².